The van der Waals surface area contributed by atoms with Gasteiger partial charge >= 0.3 is 18.4 Å². The smallest absolute Gasteiger partial charge is 0.308 e. The van der Waals surface area contributed by atoms with Gasteiger partial charge in [0.2, 0.25) is 0 Å². The number of alkyl halides is 6. The maximum absolute atomic E-state index is 13.0. The molecule has 0 aliphatic carbocycles. The molecule has 1 fully saturated rings. The topological polar surface area (TPSA) is 40.6 Å². The van der Waals surface area contributed by atoms with Gasteiger partial charge in [-0.1, -0.05) is 6.08 Å². The van der Waals surface area contributed by atoms with Crippen LogP contribution >= 0.6 is 0 Å². The summed E-state index contributed by atoms with van der Waals surface area (Å²) >= 11 is 0. The summed E-state index contributed by atoms with van der Waals surface area (Å²) in [5, 5.41) is 0. The molecule has 0 spiro atoms. The van der Waals surface area contributed by atoms with E-state index >= 15 is 0 Å². The van der Waals surface area contributed by atoms with Crippen molar-refractivity contribution in [1.29, 1.82) is 0 Å². The van der Waals surface area contributed by atoms with Crippen LogP contribution in [0.3, 0.4) is 0 Å². The fourth-order valence-corrected chi connectivity index (χ4v) is 2.42. The number of urea groups is 1. The molecule has 1 saturated heterocycles. The van der Waals surface area contributed by atoms with Crippen molar-refractivity contribution in [1.82, 2.24) is 9.80 Å². The Hall–Kier alpha value is -1.74. The Morgan fingerprint density at radius 1 is 1.09 bits per heavy atom. The van der Waals surface area contributed by atoms with E-state index in [1.807, 2.05) is 0 Å². The first kappa shape index (κ1) is 19.3. The Morgan fingerprint density at radius 3 is 1.83 bits per heavy atom. The third kappa shape index (κ3) is 3.61. The van der Waals surface area contributed by atoms with Crippen molar-refractivity contribution in [3.63, 3.8) is 0 Å². The minimum atomic E-state index is -5.73. The molecule has 1 unspecified atom stereocenters. The molecule has 0 N–H and O–H groups in total. The van der Waals surface area contributed by atoms with E-state index in [4.69, 9.17) is 0 Å². The minimum Gasteiger partial charge on any atom is -0.308 e. The number of nitrogens with zero attached hydrogens (tertiary/aromatic N) is 2. The number of imide groups is 1. The van der Waals surface area contributed by atoms with Gasteiger partial charge < -0.3 is 4.90 Å². The van der Waals surface area contributed by atoms with Gasteiger partial charge in [-0.2, -0.15) is 26.3 Å². The molecule has 1 aliphatic heterocycles. The molecule has 1 rings (SSSR count). The molecule has 0 aromatic heterocycles. The van der Waals surface area contributed by atoms with Gasteiger partial charge in [-0.25, -0.2) is 4.79 Å². The molecule has 3 amide bonds. The normalized spacial score (nSPS) is 20.7. The Kier molecular flexibility index (Phi) is 4.80. The van der Waals surface area contributed by atoms with Crippen LogP contribution in [0.25, 0.3) is 0 Å². The average Bonchev–Trinajstić information content (AvgIpc) is 2.49. The van der Waals surface area contributed by atoms with Crippen molar-refractivity contribution in [2.45, 2.75) is 44.7 Å². The molecule has 0 radical (unpaired) electrons. The summed E-state index contributed by atoms with van der Waals surface area (Å²) < 4.78 is 77.7. The fraction of sp³-hybridized carbons (Fsp3) is 0.692. The van der Waals surface area contributed by atoms with E-state index in [1.54, 1.807) is 0 Å². The highest BCUT2D eigenvalue weighted by molar-refractivity contribution is 6.05. The highest BCUT2D eigenvalue weighted by Crippen LogP contribution is 2.45. The van der Waals surface area contributed by atoms with Crippen LogP contribution in [-0.4, -0.2) is 52.2 Å². The third-order valence-electron chi connectivity index (χ3n) is 3.26. The van der Waals surface area contributed by atoms with Gasteiger partial charge in [0.15, 0.2) is 5.92 Å². The second-order valence-electron chi connectivity index (χ2n) is 6.07. The molecule has 0 aromatic rings. The molecule has 132 valence electrons. The van der Waals surface area contributed by atoms with Gasteiger partial charge in [-0.15, -0.1) is 6.58 Å². The summed E-state index contributed by atoms with van der Waals surface area (Å²) in [4.78, 5) is 25.1. The lowest BCUT2D eigenvalue weighted by Crippen LogP contribution is -2.53. The van der Waals surface area contributed by atoms with Crippen molar-refractivity contribution in [2.75, 3.05) is 6.54 Å². The number of halogens is 6. The lowest BCUT2D eigenvalue weighted by molar-refractivity contribution is -0.293. The van der Waals surface area contributed by atoms with Gasteiger partial charge in [-0.05, 0) is 20.8 Å². The first-order valence-corrected chi connectivity index (χ1v) is 6.53. The molecule has 1 atom stereocenters. The van der Waals surface area contributed by atoms with Crippen molar-refractivity contribution in [3.05, 3.63) is 12.7 Å². The summed E-state index contributed by atoms with van der Waals surface area (Å²) in [6.45, 7) is 6.62. The van der Waals surface area contributed by atoms with E-state index < -0.39 is 48.3 Å². The summed E-state index contributed by atoms with van der Waals surface area (Å²) in [6, 6.07) is -3.90. The standard InChI is InChI=1S/C13H16F6N2O2/c1-5-6-20-7(8(12(14,15)16)13(17,18)19)9(22)21(10(20)23)11(2,3)4/h5,7-8H,1,6H2,2-4H3. The van der Waals surface area contributed by atoms with Gasteiger partial charge in [-0.3, -0.25) is 9.69 Å². The van der Waals surface area contributed by atoms with Crippen LogP contribution in [0.2, 0.25) is 0 Å². The maximum atomic E-state index is 13.0. The van der Waals surface area contributed by atoms with E-state index in [0.717, 1.165) is 6.08 Å². The zero-order chi connectivity index (χ0) is 18.4. The zero-order valence-electron chi connectivity index (χ0n) is 12.6. The van der Waals surface area contributed by atoms with E-state index in [1.165, 1.54) is 20.8 Å². The van der Waals surface area contributed by atoms with E-state index in [-0.39, 0.29) is 4.90 Å². The van der Waals surface area contributed by atoms with Gasteiger partial charge in [0.25, 0.3) is 5.91 Å². The Morgan fingerprint density at radius 2 is 1.52 bits per heavy atom. The Bertz CT molecular complexity index is 492. The number of rotatable bonds is 3. The average molecular weight is 346 g/mol. The van der Waals surface area contributed by atoms with Crippen LogP contribution < -0.4 is 0 Å². The largest absolute Gasteiger partial charge is 0.403 e. The van der Waals surface area contributed by atoms with Crippen molar-refractivity contribution in [3.8, 4) is 0 Å². The highest BCUT2D eigenvalue weighted by atomic mass is 19.4. The summed E-state index contributed by atoms with van der Waals surface area (Å²) in [6.07, 6.45) is -10.5. The predicted molar refractivity (Wildman–Crippen MR) is 68.3 cm³/mol. The van der Waals surface area contributed by atoms with Gasteiger partial charge in [0.05, 0.1) is 0 Å². The molecule has 23 heavy (non-hydrogen) atoms. The van der Waals surface area contributed by atoms with E-state index in [9.17, 15) is 35.9 Å². The Labute approximate surface area is 128 Å². The molecule has 0 saturated carbocycles. The number of hydrogen-bond acceptors (Lipinski definition) is 2. The summed E-state index contributed by atoms with van der Waals surface area (Å²) in [5.41, 5.74) is -1.26. The lowest BCUT2D eigenvalue weighted by atomic mass is 9.96. The number of amides is 3. The second kappa shape index (κ2) is 5.72. The monoisotopic (exact) mass is 346 g/mol. The van der Waals surface area contributed by atoms with Crippen molar-refractivity contribution in [2.24, 2.45) is 5.92 Å². The van der Waals surface area contributed by atoms with Crippen LogP contribution in [0, 0.1) is 5.92 Å². The van der Waals surface area contributed by atoms with Gasteiger partial charge in [0.1, 0.15) is 6.04 Å². The number of carbonyl (C=O) groups excluding carboxylic acids is 2. The van der Waals surface area contributed by atoms with Crippen LogP contribution in [0.5, 0.6) is 0 Å². The zero-order valence-corrected chi connectivity index (χ0v) is 12.6. The number of carbonyl (C=O) groups is 2. The molecular formula is C13H16F6N2O2. The molecular weight excluding hydrogens is 330 g/mol. The first-order chi connectivity index (χ1) is 10.1. The SMILES string of the molecule is C=CCN1C(=O)N(C(C)(C)C)C(=O)C1C(C(F)(F)F)C(F)(F)F. The fourth-order valence-electron chi connectivity index (χ4n) is 2.42. The lowest BCUT2D eigenvalue weighted by Gasteiger charge is -2.31. The first-order valence-electron chi connectivity index (χ1n) is 6.53. The third-order valence-corrected chi connectivity index (χ3v) is 3.26. The quantitative estimate of drug-likeness (QED) is 0.447. The minimum absolute atomic E-state index is 0.256. The van der Waals surface area contributed by atoms with Crippen molar-refractivity contribution < 1.29 is 35.9 Å². The molecule has 0 aromatic carbocycles. The molecule has 4 nitrogen and oxygen atoms in total. The van der Waals surface area contributed by atoms with Gasteiger partial charge in [0, 0.05) is 12.1 Å². The summed E-state index contributed by atoms with van der Waals surface area (Å²) in [7, 11) is 0. The molecule has 0 bridgehead atoms. The second-order valence-corrected chi connectivity index (χ2v) is 6.07. The van der Waals surface area contributed by atoms with E-state index in [2.05, 4.69) is 6.58 Å². The predicted octanol–water partition coefficient (Wildman–Crippen LogP) is 3.34. The van der Waals surface area contributed by atoms with Crippen LogP contribution in [0.4, 0.5) is 31.1 Å². The Balaban J connectivity index is 3.48. The maximum Gasteiger partial charge on any atom is 0.403 e. The van der Waals surface area contributed by atoms with Crippen molar-refractivity contribution >= 4 is 11.9 Å². The van der Waals surface area contributed by atoms with Crippen LogP contribution in [0.1, 0.15) is 20.8 Å². The highest BCUT2D eigenvalue weighted by Gasteiger charge is 2.67. The van der Waals surface area contributed by atoms with Crippen LogP contribution in [0.15, 0.2) is 12.7 Å². The number of hydrogen-bond donors (Lipinski definition) is 0. The van der Waals surface area contributed by atoms with E-state index in [0.29, 0.717) is 4.90 Å². The molecule has 10 heteroatoms. The van der Waals surface area contributed by atoms with Crippen LogP contribution in [-0.2, 0) is 4.79 Å². The summed E-state index contributed by atoms with van der Waals surface area (Å²) in [5.74, 6) is -5.48. The molecule has 1 aliphatic rings. The molecule has 1 heterocycles.